The van der Waals surface area contributed by atoms with Crippen molar-refractivity contribution in [1.29, 1.82) is 0 Å². The van der Waals surface area contributed by atoms with Gasteiger partial charge >= 0.3 is 0 Å². The Hall–Kier alpha value is -2.64. The van der Waals surface area contributed by atoms with Crippen LogP contribution >= 0.6 is 0 Å². The molecule has 8 nitrogen and oxygen atoms in total. The van der Waals surface area contributed by atoms with Gasteiger partial charge in [-0.25, -0.2) is 0 Å². The van der Waals surface area contributed by atoms with Gasteiger partial charge in [0.05, 0.1) is 4.92 Å². The minimum absolute atomic E-state index is 0.0451. The first kappa shape index (κ1) is 13.8. The molecule has 2 N–H and O–H groups in total. The molecule has 2 rings (SSSR count). The van der Waals surface area contributed by atoms with Crippen LogP contribution in [0, 0.1) is 10.1 Å². The molecule has 0 saturated carbocycles. The van der Waals surface area contributed by atoms with Crippen LogP contribution in [0.25, 0.3) is 0 Å². The summed E-state index contributed by atoms with van der Waals surface area (Å²) in [6, 6.07) is 4.83. The van der Waals surface area contributed by atoms with Gasteiger partial charge in [-0.05, 0) is 13.0 Å². The molecule has 0 aliphatic rings. The lowest BCUT2D eigenvalue weighted by atomic mass is 10.2. The van der Waals surface area contributed by atoms with Crippen molar-refractivity contribution in [3.8, 4) is 0 Å². The molecule has 0 bridgehead atoms. The SMILES string of the molecule is CCNc1cc(NCCc2ncno2)cc([N+](=O)[O-])c1. The fraction of sp³-hybridized carbons (Fsp3) is 0.333. The zero-order valence-corrected chi connectivity index (χ0v) is 11.0. The van der Waals surface area contributed by atoms with Crippen molar-refractivity contribution in [3.05, 3.63) is 40.5 Å². The molecule has 8 heteroatoms. The monoisotopic (exact) mass is 277 g/mol. The Labute approximate surface area is 115 Å². The molecule has 0 atom stereocenters. The van der Waals surface area contributed by atoms with E-state index in [0.717, 1.165) is 0 Å². The summed E-state index contributed by atoms with van der Waals surface area (Å²) in [5.41, 5.74) is 1.43. The lowest BCUT2D eigenvalue weighted by Gasteiger charge is -2.08. The van der Waals surface area contributed by atoms with Gasteiger partial charge in [0.15, 0.2) is 6.33 Å². The zero-order valence-electron chi connectivity index (χ0n) is 11.0. The Morgan fingerprint density at radius 2 is 2.05 bits per heavy atom. The Morgan fingerprint density at radius 1 is 1.30 bits per heavy atom. The standard InChI is InChI=1S/C12H15N5O3/c1-2-13-9-5-10(7-11(6-9)17(18)19)14-4-3-12-15-8-16-20-12/h5-8,13-14H,2-4H2,1H3. The molecule has 1 aromatic heterocycles. The number of benzene rings is 1. The Kier molecular flexibility index (Phi) is 4.48. The summed E-state index contributed by atoms with van der Waals surface area (Å²) in [6.07, 6.45) is 1.89. The summed E-state index contributed by atoms with van der Waals surface area (Å²) in [5, 5.41) is 20.6. The molecule has 0 radical (unpaired) electrons. The third-order valence-corrected chi connectivity index (χ3v) is 2.58. The van der Waals surface area contributed by atoms with Gasteiger partial charge in [-0.15, -0.1) is 0 Å². The number of hydrogen-bond acceptors (Lipinski definition) is 7. The second-order valence-electron chi connectivity index (χ2n) is 4.07. The lowest BCUT2D eigenvalue weighted by Crippen LogP contribution is -2.06. The van der Waals surface area contributed by atoms with E-state index in [1.54, 1.807) is 0 Å². The number of non-ortho nitro benzene ring substituents is 1. The molecule has 106 valence electrons. The first-order valence-corrected chi connectivity index (χ1v) is 6.22. The maximum absolute atomic E-state index is 10.9. The summed E-state index contributed by atoms with van der Waals surface area (Å²) < 4.78 is 4.87. The van der Waals surface area contributed by atoms with Crippen LogP contribution in [-0.4, -0.2) is 28.2 Å². The number of nitrogens with zero attached hydrogens (tertiary/aromatic N) is 3. The number of hydrogen-bond donors (Lipinski definition) is 2. The largest absolute Gasteiger partial charge is 0.385 e. The fourth-order valence-corrected chi connectivity index (χ4v) is 1.74. The van der Waals surface area contributed by atoms with E-state index in [1.807, 2.05) is 13.0 Å². The van der Waals surface area contributed by atoms with Crippen molar-refractivity contribution in [3.63, 3.8) is 0 Å². The van der Waals surface area contributed by atoms with E-state index in [2.05, 4.69) is 20.8 Å². The number of rotatable bonds is 7. The third-order valence-electron chi connectivity index (χ3n) is 2.58. The van der Waals surface area contributed by atoms with Crippen molar-refractivity contribution >= 4 is 17.1 Å². The van der Waals surface area contributed by atoms with E-state index in [9.17, 15) is 10.1 Å². The van der Waals surface area contributed by atoms with Crippen LogP contribution in [0.15, 0.2) is 29.0 Å². The molecule has 1 aromatic carbocycles. The maximum atomic E-state index is 10.9. The number of nitro groups is 1. The normalized spacial score (nSPS) is 10.2. The highest BCUT2D eigenvalue weighted by Gasteiger charge is 2.09. The second kappa shape index (κ2) is 6.50. The highest BCUT2D eigenvalue weighted by atomic mass is 16.6. The van der Waals surface area contributed by atoms with Crippen LogP contribution in [0.2, 0.25) is 0 Å². The number of nitrogens with one attached hydrogen (secondary N) is 2. The summed E-state index contributed by atoms with van der Waals surface area (Å²) in [4.78, 5) is 14.4. The van der Waals surface area contributed by atoms with Gasteiger partial charge in [-0.3, -0.25) is 10.1 Å². The number of nitro benzene ring substituents is 1. The molecule has 0 fully saturated rings. The van der Waals surface area contributed by atoms with Gasteiger partial charge in [-0.2, -0.15) is 4.98 Å². The third kappa shape index (κ3) is 3.67. The van der Waals surface area contributed by atoms with Crippen LogP contribution in [-0.2, 0) is 6.42 Å². The minimum Gasteiger partial charge on any atom is -0.385 e. The Morgan fingerprint density at radius 3 is 2.65 bits per heavy atom. The summed E-state index contributed by atoms with van der Waals surface area (Å²) in [7, 11) is 0. The number of anilines is 2. The molecular weight excluding hydrogens is 262 g/mol. The Bertz CT molecular complexity index is 570. The highest BCUT2D eigenvalue weighted by molar-refractivity contribution is 5.63. The lowest BCUT2D eigenvalue weighted by molar-refractivity contribution is -0.384. The van der Waals surface area contributed by atoms with Crippen LogP contribution in [0.4, 0.5) is 17.1 Å². The van der Waals surface area contributed by atoms with Gasteiger partial charge < -0.3 is 15.2 Å². The molecule has 1 heterocycles. The van der Waals surface area contributed by atoms with Crippen molar-refractivity contribution in [2.75, 3.05) is 23.7 Å². The highest BCUT2D eigenvalue weighted by Crippen LogP contribution is 2.24. The van der Waals surface area contributed by atoms with Crippen LogP contribution in [0.3, 0.4) is 0 Å². The summed E-state index contributed by atoms with van der Waals surface area (Å²) in [6.45, 7) is 3.18. The topological polar surface area (TPSA) is 106 Å². The van der Waals surface area contributed by atoms with Gasteiger partial charge in [0.25, 0.3) is 5.69 Å². The quantitative estimate of drug-likeness (QED) is 0.589. The molecule has 0 amide bonds. The van der Waals surface area contributed by atoms with Crippen molar-refractivity contribution in [1.82, 2.24) is 10.1 Å². The van der Waals surface area contributed by atoms with Gasteiger partial charge in [-0.1, -0.05) is 5.16 Å². The van der Waals surface area contributed by atoms with Gasteiger partial charge in [0, 0.05) is 43.0 Å². The van der Waals surface area contributed by atoms with Crippen molar-refractivity contribution < 1.29 is 9.45 Å². The van der Waals surface area contributed by atoms with E-state index >= 15 is 0 Å². The van der Waals surface area contributed by atoms with E-state index in [1.165, 1.54) is 18.5 Å². The smallest absolute Gasteiger partial charge is 0.273 e. The van der Waals surface area contributed by atoms with E-state index in [4.69, 9.17) is 4.52 Å². The minimum atomic E-state index is -0.413. The average Bonchev–Trinajstić information content (AvgIpc) is 2.92. The molecule has 2 aromatic rings. The number of aromatic nitrogens is 2. The van der Waals surface area contributed by atoms with Crippen molar-refractivity contribution in [2.45, 2.75) is 13.3 Å². The summed E-state index contributed by atoms with van der Waals surface area (Å²) >= 11 is 0. The molecule has 0 aliphatic carbocycles. The first-order valence-electron chi connectivity index (χ1n) is 6.22. The predicted octanol–water partition coefficient (Wildman–Crippen LogP) is 2.06. The fourth-order valence-electron chi connectivity index (χ4n) is 1.74. The van der Waals surface area contributed by atoms with Crippen LogP contribution in [0.1, 0.15) is 12.8 Å². The average molecular weight is 277 g/mol. The zero-order chi connectivity index (χ0) is 14.4. The van der Waals surface area contributed by atoms with E-state index < -0.39 is 4.92 Å². The van der Waals surface area contributed by atoms with E-state index in [-0.39, 0.29) is 5.69 Å². The van der Waals surface area contributed by atoms with Crippen molar-refractivity contribution in [2.24, 2.45) is 0 Å². The second-order valence-corrected chi connectivity index (χ2v) is 4.07. The molecule has 0 aliphatic heterocycles. The van der Waals surface area contributed by atoms with E-state index in [0.29, 0.717) is 36.8 Å². The molecule has 0 spiro atoms. The van der Waals surface area contributed by atoms with Gasteiger partial charge in [0.1, 0.15) is 0 Å². The van der Waals surface area contributed by atoms with Crippen LogP contribution < -0.4 is 10.6 Å². The van der Waals surface area contributed by atoms with Gasteiger partial charge in [0.2, 0.25) is 5.89 Å². The summed E-state index contributed by atoms with van der Waals surface area (Å²) in [5.74, 6) is 0.523. The molecule has 20 heavy (non-hydrogen) atoms. The Balaban J connectivity index is 2.03. The maximum Gasteiger partial charge on any atom is 0.273 e. The predicted molar refractivity (Wildman–Crippen MR) is 73.8 cm³/mol. The first-order chi connectivity index (χ1) is 9.69. The van der Waals surface area contributed by atoms with Crippen LogP contribution in [0.5, 0.6) is 0 Å². The molecule has 0 saturated heterocycles. The molecule has 0 unspecified atom stereocenters. The molecular formula is C12H15N5O3.